The summed E-state index contributed by atoms with van der Waals surface area (Å²) in [5.41, 5.74) is 1.69. The average molecular weight is 262 g/mol. The van der Waals surface area contributed by atoms with Crippen molar-refractivity contribution in [2.45, 2.75) is 20.8 Å². The summed E-state index contributed by atoms with van der Waals surface area (Å²) in [5.74, 6) is 0.723. The highest BCUT2D eigenvalue weighted by Gasteiger charge is 2.09. The van der Waals surface area contributed by atoms with Gasteiger partial charge in [-0.1, -0.05) is 12.6 Å². The molecule has 2 amide bonds. The third-order valence-electron chi connectivity index (χ3n) is 2.62. The van der Waals surface area contributed by atoms with Crippen molar-refractivity contribution >= 4 is 11.7 Å². The molecule has 0 saturated carbocycles. The summed E-state index contributed by atoms with van der Waals surface area (Å²) < 4.78 is 5.54. The Kier molecular flexibility index (Phi) is 5.93. The highest BCUT2D eigenvalue weighted by Crippen LogP contribution is 2.18. The van der Waals surface area contributed by atoms with Crippen molar-refractivity contribution in [1.82, 2.24) is 4.90 Å². The number of amides is 2. The SMILES string of the molecule is C=C(C)COc1cccc(NC(=O)N(CC)CC)c1. The summed E-state index contributed by atoms with van der Waals surface area (Å²) >= 11 is 0. The fraction of sp³-hybridized carbons (Fsp3) is 0.400. The van der Waals surface area contributed by atoms with Crippen molar-refractivity contribution < 1.29 is 9.53 Å². The van der Waals surface area contributed by atoms with Gasteiger partial charge in [0.15, 0.2) is 0 Å². The zero-order valence-electron chi connectivity index (χ0n) is 11.9. The number of rotatable bonds is 6. The van der Waals surface area contributed by atoms with Gasteiger partial charge in [-0.2, -0.15) is 0 Å². The van der Waals surface area contributed by atoms with Gasteiger partial charge < -0.3 is 15.0 Å². The monoisotopic (exact) mass is 262 g/mol. The molecule has 1 N–H and O–H groups in total. The van der Waals surface area contributed by atoms with Crippen molar-refractivity contribution in [2.24, 2.45) is 0 Å². The number of ether oxygens (including phenoxy) is 1. The molecule has 0 saturated heterocycles. The second-order valence-electron chi connectivity index (χ2n) is 4.38. The number of hydrogen-bond donors (Lipinski definition) is 1. The average Bonchev–Trinajstić information content (AvgIpc) is 2.38. The molecule has 104 valence electrons. The first kappa shape index (κ1) is 15.1. The van der Waals surface area contributed by atoms with Gasteiger partial charge in [-0.25, -0.2) is 4.79 Å². The summed E-state index contributed by atoms with van der Waals surface area (Å²) in [4.78, 5) is 13.6. The van der Waals surface area contributed by atoms with E-state index >= 15 is 0 Å². The van der Waals surface area contributed by atoms with Gasteiger partial charge in [0.25, 0.3) is 0 Å². The lowest BCUT2D eigenvalue weighted by Crippen LogP contribution is -2.34. The third kappa shape index (κ3) is 5.04. The molecule has 0 aliphatic heterocycles. The standard InChI is InChI=1S/C15H22N2O2/c1-5-17(6-2)15(18)16-13-8-7-9-14(10-13)19-11-12(3)4/h7-10H,3,5-6,11H2,1-2,4H3,(H,16,18). The molecule has 0 aliphatic rings. The first-order chi connectivity index (χ1) is 9.06. The van der Waals surface area contributed by atoms with Crippen LogP contribution in [0.3, 0.4) is 0 Å². The molecule has 1 aromatic rings. The lowest BCUT2D eigenvalue weighted by Gasteiger charge is -2.19. The van der Waals surface area contributed by atoms with E-state index in [-0.39, 0.29) is 6.03 Å². The first-order valence-electron chi connectivity index (χ1n) is 6.50. The Bertz CT molecular complexity index is 440. The number of hydrogen-bond acceptors (Lipinski definition) is 2. The molecule has 0 atom stereocenters. The van der Waals surface area contributed by atoms with Crippen LogP contribution in [0.15, 0.2) is 36.4 Å². The minimum Gasteiger partial charge on any atom is -0.489 e. The highest BCUT2D eigenvalue weighted by atomic mass is 16.5. The van der Waals surface area contributed by atoms with Crippen molar-refractivity contribution in [1.29, 1.82) is 0 Å². The summed E-state index contributed by atoms with van der Waals surface area (Å²) in [7, 11) is 0. The van der Waals surface area contributed by atoms with Crippen LogP contribution in [0.1, 0.15) is 20.8 Å². The second kappa shape index (κ2) is 7.46. The Balaban J connectivity index is 2.66. The predicted molar refractivity (Wildman–Crippen MR) is 78.7 cm³/mol. The van der Waals surface area contributed by atoms with Crippen LogP contribution in [0.2, 0.25) is 0 Å². The molecule has 0 radical (unpaired) electrons. The van der Waals surface area contributed by atoms with E-state index in [2.05, 4.69) is 11.9 Å². The van der Waals surface area contributed by atoms with E-state index in [1.54, 1.807) is 4.90 Å². The zero-order valence-corrected chi connectivity index (χ0v) is 11.9. The highest BCUT2D eigenvalue weighted by molar-refractivity contribution is 5.89. The van der Waals surface area contributed by atoms with Gasteiger partial charge in [-0.05, 0) is 38.5 Å². The van der Waals surface area contributed by atoms with E-state index in [4.69, 9.17) is 4.74 Å². The molecule has 0 aromatic heterocycles. The maximum atomic E-state index is 11.9. The lowest BCUT2D eigenvalue weighted by molar-refractivity contribution is 0.217. The van der Waals surface area contributed by atoms with Crippen LogP contribution in [-0.4, -0.2) is 30.6 Å². The number of anilines is 1. The molecule has 1 aromatic carbocycles. The van der Waals surface area contributed by atoms with Crippen LogP contribution in [-0.2, 0) is 0 Å². The van der Waals surface area contributed by atoms with Crippen molar-refractivity contribution in [2.75, 3.05) is 25.0 Å². The largest absolute Gasteiger partial charge is 0.489 e. The maximum Gasteiger partial charge on any atom is 0.321 e. The van der Waals surface area contributed by atoms with Crippen LogP contribution in [0.4, 0.5) is 10.5 Å². The molecule has 1 rings (SSSR count). The molecule has 0 spiro atoms. The quantitative estimate of drug-likeness (QED) is 0.797. The van der Waals surface area contributed by atoms with Crippen LogP contribution >= 0.6 is 0 Å². The van der Waals surface area contributed by atoms with Crippen LogP contribution in [0, 0.1) is 0 Å². The van der Waals surface area contributed by atoms with Gasteiger partial charge in [0.05, 0.1) is 0 Å². The number of nitrogens with zero attached hydrogens (tertiary/aromatic N) is 1. The summed E-state index contributed by atoms with van der Waals surface area (Å²) in [5, 5.41) is 2.86. The smallest absolute Gasteiger partial charge is 0.321 e. The van der Waals surface area contributed by atoms with E-state index in [0.717, 1.165) is 17.0 Å². The van der Waals surface area contributed by atoms with Crippen LogP contribution in [0.25, 0.3) is 0 Å². The van der Waals surface area contributed by atoms with Crippen LogP contribution in [0.5, 0.6) is 5.75 Å². The minimum absolute atomic E-state index is 0.0953. The number of carbonyl (C=O) groups is 1. The van der Waals surface area contributed by atoms with E-state index in [1.165, 1.54) is 0 Å². The summed E-state index contributed by atoms with van der Waals surface area (Å²) in [6.45, 7) is 11.5. The Labute approximate surface area is 115 Å². The molecule has 19 heavy (non-hydrogen) atoms. The van der Waals surface area contributed by atoms with Crippen molar-refractivity contribution in [3.63, 3.8) is 0 Å². The predicted octanol–water partition coefficient (Wildman–Crippen LogP) is 3.52. The molecule has 4 nitrogen and oxygen atoms in total. The topological polar surface area (TPSA) is 41.6 Å². The fourth-order valence-electron chi connectivity index (χ4n) is 1.58. The molecule has 0 aliphatic carbocycles. The van der Waals surface area contributed by atoms with Gasteiger partial charge in [0, 0.05) is 24.8 Å². The van der Waals surface area contributed by atoms with Gasteiger partial charge in [0.2, 0.25) is 0 Å². The zero-order chi connectivity index (χ0) is 14.3. The van der Waals surface area contributed by atoms with E-state index in [9.17, 15) is 4.79 Å². The lowest BCUT2D eigenvalue weighted by atomic mass is 10.3. The Hall–Kier alpha value is -1.97. The number of benzene rings is 1. The first-order valence-corrected chi connectivity index (χ1v) is 6.50. The summed E-state index contributed by atoms with van der Waals surface area (Å²) in [6, 6.07) is 7.27. The van der Waals surface area contributed by atoms with Gasteiger partial charge in [-0.15, -0.1) is 0 Å². The molecule has 0 heterocycles. The summed E-state index contributed by atoms with van der Waals surface area (Å²) in [6.07, 6.45) is 0. The number of carbonyl (C=O) groups excluding carboxylic acids is 1. The molecule has 0 fully saturated rings. The van der Waals surface area contributed by atoms with Gasteiger partial charge >= 0.3 is 6.03 Å². The van der Waals surface area contributed by atoms with Crippen LogP contribution < -0.4 is 10.1 Å². The van der Waals surface area contributed by atoms with E-state index in [0.29, 0.717) is 19.7 Å². The Morgan fingerprint density at radius 2 is 2.05 bits per heavy atom. The Morgan fingerprint density at radius 1 is 1.37 bits per heavy atom. The fourth-order valence-corrected chi connectivity index (χ4v) is 1.58. The molecule has 0 bridgehead atoms. The normalized spacial score (nSPS) is 9.84. The van der Waals surface area contributed by atoms with Gasteiger partial charge in [-0.3, -0.25) is 0 Å². The van der Waals surface area contributed by atoms with Crippen molar-refractivity contribution in [3.8, 4) is 5.75 Å². The van der Waals surface area contributed by atoms with Crippen molar-refractivity contribution in [3.05, 3.63) is 36.4 Å². The molecular formula is C15H22N2O2. The molecular weight excluding hydrogens is 240 g/mol. The van der Waals surface area contributed by atoms with Gasteiger partial charge in [0.1, 0.15) is 12.4 Å². The number of nitrogens with one attached hydrogen (secondary N) is 1. The number of urea groups is 1. The molecule has 4 heteroatoms. The van der Waals surface area contributed by atoms with E-state index in [1.807, 2.05) is 45.0 Å². The Morgan fingerprint density at radius 3 is 2.63 bits per heavy atom. The third-order valence-corrected chi connectivity index (χ3v) is 2.62. The second-order valence-corrected chi connectivity index (χ2v) is 4.38. The molecule has 0 unspecified atom stereocenters. The van der Waals surface area contributed by atoms with E-state index < -0.39 is 0 Å². The minimum atomic E-state index is -0.0953. The maximum absolute atomic E-state index is 11.9.